The summed E-state index contributed by atoms with van der Waals surface area (Å²) < 4.78 is 14.6. The van der Waals surface area contributed by atoms with E-state index in [0.717, 1.165) is 50.7 Å². The summed E-state index contributed by atoms with van der Waals surface area (Å²) >= 11 is 0. The minimum absolute atomic E-state index is 0.135. The molecule has 3 aromatic heterocycles. The number of hydrogen-bond acceptors (Lipinski definition) is 2. The summed E-state index contributed by atoms with van der Waals surface area (Å²) in [5.41, 5.74) is 17.3. The molecule has 2 aliphatic rings. The van der Waals surface area contributed by atoms with Crippen molar-refractivity contribution >= 4 is 94.6 Å². The summed E-state index contributed by atoms with van der Waals surface area (Å²) in [6.07, 6.45) is 0. The summed E-state index contributed by atoms with van der Waals surface area (Å²) in [7, 11) is 0. The third-order valence-electron chi connectivity index (χ3n) is 14.2. The summed E-state index contributed by atoms with van der Waals surface area (Å²) in [6.45, 7) is -0.135. The van der Waals surface area contributed by atoms with Gasteiger partial charge in [-0.15, -0.1) is 0 Å². The smallest absolute Gasteiger partial charge is 0.336 e. The maximum absolute atomic E-state index is 7.34. The van der Waals surface area contributed by atoms with Crippen molar-refractivity contribution in [2.75, 3.05) is 4.81 Å². The van der Waals surface area contributed by atoms with Gasteiger partial charge in [0.1, 0.15) is 11.5 Å². The van der Waals surface area contributed by atoms with Crippen LogP contribution in [0.1, 0.15) is 0 Å². The van der Waals surface area contributed by atoms with Gasteiger partial charge in [0.25, 0.3) is 0 Å². The zero-order valence-corrected chi connectivity index (χ0v) is 35.6. The van der Waals surface area contributed by atoms with Gasteiger partial charge < -0.3 is 23.2 Å². The van der Waals surface area contributed by atoms with E-state index in [0.29, 0.717) is 0 Å². The molecule has 0 saturated carbocycles. The highest BCUT2D eigenvalue weighted by atomic mass is 16.5. The highest BCUT2D eigenvalue weighted by molar-refractivity contribution is 6.92. The number of rotatable bonds is 4. The number of ether oxygens (including phenoxy) is 1. The van der Waals surface area contributed by atoms with E-state index in [4.69, 9.17) is 4.74 Å². The Balaban J connectivity index is 0.974. The van der Waals surface area contributed by atoms with Crippen molar-refractivity contribution in [3.8, 4) is 39.7 Å². The molecule has 66 heavy (non-hydrogen) atoms. The molecule has 0 bridgehead atoms. The maximum atomic E-state index is 7.34. The normalized spacial score (nSPS) is 12.9. The van der Waals surface area contributed by atoms with Crippen LogP contribution in [0.4, 0.5) is 11.4 Å². The number of benzene rings is 10. The third kappa shape index (κ3) is 4.85. The van der Waals surface area contributed by atoms with Gasteiger partial charge in [-0.2, -0.15) is 0 Å². The van der Waals surface area contributed by atoms with Gasteiger partial charge >= 0.3 is 6.85 Å². The van der Waals surface area contributed by atoms with E-state index in [1.807, 2.05) is 0 Å². The minimum atomic E-state index is -0.135. The SMILES string of the molecule is c1ccc(N2B3c4ccc(-n5c6ccccc6c6ccccc65)cc4Oc4cc(-n5c6ccccc6c6cc(-n7c8ccccc8c8ccccc87)ccc65)cc(c43)-c3ccccc32)cc1. The predicted octanol–water partition coefficient (Wildman–Crippen LogP) is 14.0. The van der Waals surface area contributed by atoms with Gasteiger partial charge in [-0.3, -0.25) is 0 Å². The van der Waals surface area contributed by atoms with Crippen LogP contribution >= 0.6 is 0 Å². The standard InChI is InChI=1S/C60H37BN4O/c1-2-16-38(17-3-1)65-57-29-15-9-23-47(57)49-35-41(37-59-60(49)61(65)50-32-30-40(36-58(50)66-59)63-53-26-12-6-20-44(53)45-21-7-13-27-54(45)63)64-55-28-14-8-22-46(55)48-34-39(31-33-56(48)64)62-51-24-10-4-18-42(51)43-19-5-11-25-52(43)62/h1-37H. The maximum Gasteiger partial charge on any atom is 0.336 e. The Labute approximate surface area is 380 Å². The van der Waals surface area contributed by atoms with Gasteiger partial charge in [0.15, 0.2) is 0 Å². The lowest BCUT2D eigenvalue weighted by molar-refractivity contribution is 0.487. The van der Waals surface area contributed by atoms with Crippen molar-refractivity contribution in [1.82, 2.24) is 13.7 Å². The zero-order valence-electron chi connectivity index (χ0n) is 35.6. The van der Waals surface area contributed by atoms with Crippen molar-refractivity contribution in [3.05, 3.63) is 224 Å². The molecule has 2 aliphatic heterocycles. The van der Waals surface area contributed by atoms with Gasteiger partial charge in [-0.25, -0.2) is 0 Å². The molecule has 0 atom stereocenters. The van der Waals surface area contributed by atoms with Crippen molar-refractivity contribution in [2.24, 2.45) is 0 Å². The summed E-state index contributed by atoms with van der Waals surface area (Å²) in [6, 6.07) is 81.8. The molecule has 0 unspecified atom stereocenters. The molecule has 0 fully saturated rings. The average Bonchev–Trinajstić information content (AvgIpc) is 4.02. The van der Waals surface area contributed by atoms with E-state index >= 15 is 0 Å². The fourth-order valence-corrected chi connectivity index (χ4v) is 11.6. The van der Waals surface area contributed by atoms with Crippen molar-refractivity contribution in [3.63, 3.8) is 0 Å². The van der Waals surface area contributed by atoms with Crippen molar-refractivity contribution < 1.29 is 4.74 Å². The Morgan fingerprint density at radius 3 is 1.36 bits per heavy atom. The van der Waals surface area contributed by atoms with Crippen molar-refractivity contribution in [1.29, 1.82) is 0 Å². The van der Waals surface area contributed by atoms with Crippen LogP contribution in [-0.4, -0.2) is 20.5 Å². The molecule has 0 saturated heterocycles. The van der Waals surface area contributed by atoms with Gasteiger partial charge in [0, 0.05) is 78.2 Å². The topological polar surface area (TPSA) is 27.3 Å². The van der Waals surface area contributed by atoms with E-state index in [-0.39, 0.29) is 6.85 Å². The van der Waals surface area contributed by atoms with E-state index in [1.54, 1.807) is 0 Å². The van der Waals surface area contributed by atoms with E-state index in [9.17, 15) is 0 Å². The summed E-state index contributed by atoms with van der Waals surface area (Å²) in [4.78, 5) is 2.51. The Morgan fingerprint density at radius 2 is 0.758 bits per heavy atom. The van der Waals surface area contributed by atoms with Crippen LogP contribution in [-0.2, 0) is 0 Å². The number of aromatic nitrogens is 3. The van der Waals surface area contributed by atoms with Crippen LogP contribution in [0.25, 0.3) is 93.6 Å². The molecule has 15 rings (SSSR count). The van der Waals surface area contributed by atoms with Crippen LogP contribution in [0.5, 0.6) is 11.5 Å². The van der Waals surface area contributed by atoms with E-state index < -0.39 is 0 Å². The predicted molar refractivity (Wildman–Crippen MR) is 275 cm³/mol. The minimum Gasteiger partial charge on any atom is -0.458 e. The second-order valence-electron chi connectivity index (χ2n) is 17.6. The molecule has 5 heterocycles. The lowest BCUT2D eigenvalue weighted by atomic mass is 9.44. The summed E-state index contributed by atoms with van der Waals surface area (Å²) in [5, 5.41) is 7.39. The second kappa shape index (κ2) is 13.4. The molecule has 0 radical (unpaired) electrons. The van der Waals surface area contributed by atoms with Crippen LogP contribution in [0, 0.1) is 0 Å². The van der Waals surface area contributed by atoms with Gasteiger partial charge in [-0.1, -0.05) is 133 Å². The first-order valence-corrected chi connectivity index (χ1v) is 22.7. The first kappa shape index (κ1) is 35.7. The molecule has 13 aromatic rings. The number of fused-ring (bicyclic) bond motifs is 13. The first-order chi connectivity index (χ1) is 32.8. The Kier molecular flexibility index (Phi) is 7.24. The van der Waals surface area contributed by atoms with Crippen LogP contribution in [0.2, 0.25) is 0 Å². The molecular weight excluding hydrogens is 803 g/mol. The molecule has 0 aliphatic carbocycles. The Bertz CT molecular complexity index is 4070. The molecule has 0 N–H and O–H groups in total. The van der Waals surface area contributed by atoms with Gasteiger partial charge in [0.2, 0.25) is 0 Å². The Morgan fingerprint density at radius 1 is 0.303 bits per heavy atom. The van der Waals surface area contributed by atoms with Crippen LogP contribution in [0.15, 0.2) is 224 Å². The fourth-order valence-electron chi connectivity index (χ4n) is 11.6. The molecular formula is C60H37BN4O. The number of hydrogen-bond donors (Lipinski definition) is 0. The third-order valence-corrected chi connectivity index (χ3v) is 14.2. The fraction of sp³-hybridized carbons (Fsp3) is 0. The number of para-hydroxylation sites is 7. The molecule has 0 spiro atoms. The molecule has 0 amide bonds. The first-order valence-electron chi connectivity index (χ1n) is 22.7. The highest BCUT2D eigenvalue weighted by Crippen LogP contribution is 2.46. The van der Waals surface area contributed by atoms with E-state index in [2.05, 4.69) is 243 Å². The molecule has 5 nitrogen and oxygen atoms in total. The molecule has 6 heteroatoms. The van der Waals surface area contributed by atoms with E-state index in [1.165, 1.54) is 76.7 Å². The number of anilines is 2. The average molecular weight is 841 g/mol. The lowest BCUT2D eigenvalue weighted by Gasteiger charge is -2.42. The second-order valence-corrected chi connectivity index (χ2v) is 17.6. The number of nitrogens with zero attached hydrogens (tertiary/aromatic N) is 4. The highest BCUT2D eigenvalue weighted by Gasteiger charge is 2.44. The zero-order chi connectivity index (χ0) is 43.0. The summed E-state index contributed by atoms with van der Waals surface area (Å²) in [5.74, 6) is 1.72. The largest absolute Gasteiger partial charge is 0.458 e. The van der Waals surface area contributed by atoms with Crippen LogP contribution < -0.4 is 20.5 Å². The lowest BCUT2D eigenvalue weighted by Crippen LogP contribution is -2.59. The van der Waals surface area contributed by atoms with Crippen LogP contribution in [0.3, 0.4) is 0 Å². The quantitative estimate of drug-likeness (QED) is 0.165. The van der Waals surface area contributed by atoms with Crippen molar-refractivity contribution in [2.45, 2.75) is 0 Å². The molecule has 10 aromatic carbocycles. The van der Waals surface area contributed by atoms with Gasteiger partial charge in [0.05, 0.1) is 38.8 Å². The van der Waals surface area contributed by atoms with Gasteiger partial charge in [-0.05, 0) is 89.9 Å². The monoisotopic (exact) mass is 840 g/mol. The Hall–Kier alpha value is -8.74. The molecule has 306 valence electrons.